The molecule has 0 saturated carbocycles. The molecule has 0 radical (unpaired) electrons. The van der Waals surface area contributed by atoms with E-state index in [1.165, 1.54) is 6.33 Å². The molecule has 3 aromatic rings. The SMILES string of the molecule is CC(NC(=O)Cc1ccc2c(c1)OCCO2)c1ccc(-n2cncn2)cc1. The van der Waals surface area contributed by atoms with Crippen molar-refractivity contribution in [3.05, 3.63) is 66.2 Å². The first kappa shape index (κ1) is 17.1. The second-order valence-corrected chi connectivity index (χ2v) is 6.38. The largest absolute Gasteiger partial charge is 0.486 e. The fourth-order valence-electron chi connectivity index (χ4n) is 3.02. The van der Waals surface area contributed by atoms with Crippen molar-refractivity contribution in [3.8, 4) is 17.2 Å². The van der Waals surface area contributed by atoms with Crippen LogP contribution >= 0.6 is 0 Å². The summed E-state index contributed by atoms with van der Waals surface area (Å²) < 4.78 is 12.8. The summed E-state index contributed by atoms with van der Waals surface area (Å²) in [5.74, 6) is 1.38. The van der Waals surface area contributed by atoms with E-state index in [1.807, 2.05) is 49.4 Å². The summed E-state index contributed by atoms with van der Waals surface area (Å²) in [6.45, 7) is 3.05. The Morgan fingerprint density at radius 2 is 1.93 bits per heavy atom. The third-order valence-electron chi connectivity index (χ3n) is 4.43. The van der Waals surface area contributed by atoms with Gasteiger partial charge in [-0.3, -0.25) is 4.79 Å². The highest BCUT2D eigenvalue weighted by atomic mass is 16.6. The molecule has 4 rings (SSSR count). The number of carbonyl (C=O) groups is 1. The lowest BCUT2D eigenvalue weighted by atomic mass is 10.1. The highest BCUT2D eigenvalue weighted by molar-refractivity contribution is 5.79. The van der Waals surface area contributed by atoms with Gasteiger partial charge < -0.3 is 14.8 Å². The molecule has 2 aromatic carbocycles. The minimum absolute atomic E-state index is 0.0421. The van der Waals surface area contributed by atoms with Gasteiger partial charge in [-0.15, -0.1) is 0 Å². The Kier molecular flexibility index (Phi) is 4.74. The van der Waals surface area contributed by atoms with Crippen molar-refractivity contribution in [1.29, 1.82) is 0 Å². The number of hydrogen-bond donors (Lipinski definition) is 1. The van der Waals surface area contributed by atoms with Crippen molar-refractivity contribution in [1.82, 2.24) is 20.1 Å². The Morgan fingerprint density at radius 3 is 2.67 bits per heavy atom. The van der Waals surface area contributed by atoms with Crippen LogP contribution in [0.2, 0.25) is 0 Å². The normalized spacial score (nSPS) is 13.8. The lowest BCUT2D eigenvalue weighted by molar-refractivity contribution is -0.121. The molecule has 0 spiro atoms. The maximum absolute atomic E-state index is 12.4. The van der Waals surface area contributed by atoms with E-state index in [9.17, 15) is 4.79 Å². The van der Waals surface area contributed by atoms with E-state index in [2.05, 4.69) is 15.4 Å². The second kappa shape index (κ2) is 7.49. The maximum Gasteiger partial charge on any atom is 0.224 e. The summed E-state index contributed by atoms with van der Waals surface area (Å²) in [7, 11) is 0. The van der Waals surface area contributed by atoms with Gasteiger partial charge >= 0.3 is 0 Å². The van der Waals surface area contributed by atoms with E-state index in [0.717, 1.165) is 22.6 Å². The highest BCUT2D eigenvalue weighted by Crippen LogP contribution is 2.30. The van der Waals surface area contributed by atoms with Crippen molar-refractivity contribution in [2.45, 2.75) is 19.4 Å². The predicted octanol–water partition coefficient (Wildman–Crippen LogP) is 2.46. The smallest absolute Gasteiger partial charge is 0.224 e. The Morgan fingerprint density at radius 1 is 1.15 bits per heavy atom. The molecule has 138 valence electrons. The minimum Gasteiger partial charge on any atom is -0.486 e. The monoisotopic (exact) mass is 364 g/mol. The van der Waals surface area contributed by atoms with E-state index in [-0.39, 0.29) is 18.4 Å². The van der Waals surface area contributed by atoms with Crippen LogP contribution in [0, 0.1) is 0 Å². The van der Waals surface area contributed by atoms with Gasteiger partial charge in [-0.25, -0.2) is 9.67 Å². The van der Waals surface area contributed by atoms with Crippen LogP contribution in [0.4, 0.5) is 0 Å². The Bertz CT molecular complexity index is 923. The lowest BCUT2D eigenvalue weighted by Gasteiger charge is -2.19. The Balaban J connectivity index is 1.37. The number of nitrogens with zero attached hydrogens (tertiary/aromatic N) is 3. The molecule has 0 fully saturated rings. The van der Waals surface area contributed by atoms with E-state index in [0.29, 0.717) is 19.0 Å². The first-order chi connectivity index (χ1) is 13.2. The van der Waals surface area contributed by atoms with Gasteiger partial charge in [-0.2, -0.15) is 5.10 Å². The quantitative estimate of drug-likeness (QED) is 0.752. The number of nitrogens with one attached hydrogen (secondary N) is 1. The summed E-state index contributed by atoms with van der Waals surface area (Å²) in [5.41, 5.74) is 2.84. The summed E-state index contributed by atoms with van der Waals surface area (Å²) in [6, 6.07) is 13.4. The first-order valence-corrected chi connectivity index (χ1v) is 8.82. The lowest BCUT2D eigenvalue weighted by Crippen LogP contribution is -2.28. The molecule has 0 aliphatic carbocycles. The molecular weight excluding hydrogens is 344 g/mol. The molecule has 1 amide bonds. The van der Waals surface area contributed by atoms with Crippen LogP contribution in [0.1, 0.15) is 24.1 Å². The average Bonchev–Trinajstić information content (AvgIpc) is 3.23. The molecule has 0 bridgehead atoms. The molecule has 2 heterocycles. The number of amides is 1. The van der Waals surface area contributed by atoms with Crippen LogP contribution in [-0.2, 0) is 11.2 Å². The first-order valence-electron chi connectivity index (χ1n) is 8.82. The standard InChI is InChI=1S/C20H20N4O3/c1-14(16-3-5-17(6-4-16)24-13-21-12-22-24)23-20(25)11-15-2-7-18-19(10-15)27-9-8-26-18/h2-7,10,12-14H,8-9,11H2,1H3,(H,23,25). The van der Waals surface area contributed by atoms with Crippen LogP contribution < -0.4 is 14.8 Å². The summed E-state index contributed by atoms with van der Waals surface area (Å²) in [5, 5.41) is 7.14. The Labute approximate surface area is 156 Å². The predicted molar refractivity (Wildman–Crippen MR) is 99.1 cm³/mol. The molecule has 7 nitrogen and oxygen atoms in total. The van der Waals surface area contributed by atoms with Gasteiger partial charge in [0.1, 0.15) is 25.9 Å². The topological polar surface area (TPSA) is 78.3 Å². The maximum atomic E-state index is 12.4. The van der Waals surface area contributed by atoms with E-state index < -0.39 is 0 Å². The third-order valence-corrected chi connectivity index (χ3v) is 4.43. The molecule has 1 atom stereocenters. The minimum atomic E-state index is -0.0977. The van der Waals surface area contributed by atoms with E-state index >= 15 is 0 Å². The highest BCUT2D eigenvalue weighted by Gasteiger charge is 2.15. The van der Waals surface area contributed by atoms with Crippen LogP contribution in [-0.4, -0.2) is 33.9 Å². The van der Waals surface area contributed by atoms with Crippen molar-refractivity contribution < 1.29 is 14.3 Å². The number of hydrogen-bond acceptors (Lipinski definition) is 5. The van der Waals surface area contributed by atoms with E-state index in [4.69, 9.17) is 9.47 Å². The van der Waals surface area contributed by atoms with Crippen molar-refractivity contribution in [2.75, 3.05) is 13.2 Å². The number of rotatable bonds is 5. The summed E-state index contributed by atoms with van der Waals surface area (Å²) in [4.78, 5) is 16.4. The van der Waals surface area contributed by atoms with Gasteiger partial charge in [0.2, 0.25) is 5.91 Å². The van der Waals surface area contributed by atoms with E-state index in [1.54, 1.807) is 11.0 Å². The molecular formula is C20H20N4O3. The second-order valence-electron chi connectivity index (χ2n) is 6.38. The van der Waals surface area contributed by atoms with Gasteiger partial charge in [-0.05, 0) is 42.3 Å². The summed E-state index contributed by atoms with van der Waals surface area (Å²) >= 11 is 0. The van der Waals surface area contributed by atoms with Crippen LogP contribution in [0.5, 0.6) is 11.5 Å². The molecule has 27 heavy (non-hydrogen) atoms. The average molecular weight is 364 g/mol. The zero-order valence-corrected chi connectivity index (χ0v) is 15.0. The Hall–Kier alpha value is -3.35. The zero-order valence-electron chi connectivity index (χ0n) is 15.0. The molecule has 0 saturated heterocycles. The van der Waals surface area contributed by atoms with Gasteiger partial charge in [0, 0.05) is 0 Å². The van der Waals surface area contributed by atoms with Gasteiger partial charge in [-0.1, -0.05) is 18.2 Å². The molecule has 1 aliphatic rings. The number of aromatic nitrogens is 3. The molecule has 1 unspecified atom stereocenters. The fourth-order valence-corrected chi connectivity index (χ4v) is 3.02. The number of carbonyl (C=O) groups excluding carboxylic acids is 1. The summed E-state index contributed by atoms with van der Waals surface area (Å²) in [6.07, 6.45) is 3.43. The van der Waals surface area contributed by atoms with Crippen LogP contribution in [0.3, 0.4) is 0 Å². The van der Waals surface area contributed by atoms with Crippen molar-refractivity contribution >= 4 is 5.91 Å². The van der Waals surface area contributed by atoms with Crippen molar-refractivity contribution in [3.63, 3.8) is 0 Å². The molecule has 1 N–H and O–H groups in total. The van der Waals surface area contributed by atoms with Crippen LogP contribution in [0.15, 0.2) is 55.1 Å². The number of ether oxygens (including phenoxy) is 2. The van der Waals surface area contributed by atoms with Crippen LogP contribution in [0.25, 0.3) is 5.69 Å². The molecule has 1 aliphatic heterocycles. The molecule has 7 heteroatoms. The fraction of sp³-hybridized carbons (Fsp3) is 0.250. The number of benzene rings is 2. The van der Waals surface area contributed by atoms with Crippen molar-refractivity contribution in [2.24, 2.45) is 0 Å². The number of fused-ring (bicyclic) bond motifs is 1. The zero-order chi connectivity index (χ0) is 18.6. The van der Waals surface area contributed by atoms with Gasteiger partial charge in [0.15, 0.2) is 11.5 Å². The molecule has 1 aromatic heterocycles. The van der Waals surface area contributed by atoms with Gasteiger partial charge in [0.05, 0.1) is 18.2 Å². The third kappa shape index (κ3) is 3.92. The van der Waals surface area contributed by atoms with Gasteiger partial charge in [0.25, 0.3) is 0 Å².